The average molecular weight is 382 g/mol. The van der Waals surface area contributed by atoms with Crippen molar-refractivity contribution in [2.24, 2.45) is 5.92 Å². The third-order valence-electron chi connectivity index (χ3n) is 4.03. The third kappa shape index (κ3) is 5.22. The summed E-state index contributed by atoms with van der Waals surface area (Å²) >= 11 is 3.45. The second-order valence-corrected chi connectivity index (χ2v) is 6.87. The van der Waals surface area contributed by atoms with Crippen molar-refractivity contribution in [1.82, 2.24) is 10.6 Å². The van der Waals surface area contributed by atoms with E-state index in [0.29, 0.717) is 0 Å². The summed E-state index contributed by atoms with van der Waals surface area (Å²) in [5.41, 5.74) is 0.183. The Bertz CT molecular complexity index is 598. The Balaban J connectivity index is 2.62. The topological polar surface area (TPSA) is 74.2 Å². The number of hydrogen-bond donors (Lipinski definition) is 2. The van der Waals surface area contributed by atoms with Crippen LogP contribution in [0.4, 0.5) is 0 Å². The normalized spacial score (nSPS) is 14.7. The van der Waals surface area contributed by atoms with Gasteiger partial charge in [0.15, 0.2) is 0 Å². The highest BCUT2D eigenvalue weighted by Gasteiger charge is 2.29. The van der Waals surface area contributed by atoms with Crippen molar-refractivity contribution in [1.29, 1.82) is 5.26 Å². The highest BCUT2D eigenvalue weighted by molar-refractivity contribution is 9.10. The first-order valence-electron chi connectivity index (χ1n) is 7.52. The smallest absolute Gasteiger partial charge is 0.235 e. The molecule has 0 saturated carbocycles. The van der Waals surface area contributed by atoms with Gasteiger partial charge in [-0.1, -0.05) is 19.9 Å². The summed E-state index contributed by atoms with van der Waals surface area (Å²) in [6.07, 6.45) is 0. The minimum absolute atomic E-state index is 0.00431. The average Bonchev–Trinajstić information content (AvgIpc) is 2.52. The molecule has 1 amide bonds. The van der Waals surface area contributed by atoms with Crippen LogP contribution in [0, 0.1) is 17.2 Å². The number of rotatable bonds is 7. The number of ether oxygens (including phenoxy) is 1. The van der Waals surface area contributed by atoms with E-state index in [-0.39, 0.29) is 24.4 Å². The molecule has 23 heavy (non-hydrogen) atoms. The fourth-order valence-corrected chi connectivity index (χ4v) is 2.51. The lowest BCUT2D eigenvalue weighted by atomic mass is 9.90. The number of nitriles is 1. The highest BCUT2D eigenvalue weighted by Crippen LogP contribution is 2.27. The summed E-state index contributed by atoms with van der Waals surface area (Å²) in [7, 11) is 1.62. The second kappa shape index (κ2) is 8.32. The maximum absolute atomic E-state index is 12.1. The highest BCUT2D eigenvalue weighted by atomic mass is 79.9. The molecule has 0 spiro atoms. The molecular formula is C17H24BrN3O2. The predicted molar refractivity (Wildman–Crippen MR) is 94.1 cm³/mol. The fourth-order valence-electron chi connectivity index (χ4n) is 1.95. The van der Waals surface area contributed by atoms with E-state index >= 15 is 0 Å². The van der Waals surface area contributed by atoms with Gasteiger partial charge in [-0.2, -0.15) is 5.26 Å². The van der Waals surface area contributed by atoms with Crippen LogP contribution in [0.25, 0.3) is 0 Å². The minimum Gasteiger partial charge on any atom is -0.496 e. The van der Waals surface area contributed by atoms with E-state index < -0.39 is 5.54 Å². The zero-order valence-corrected chi connectivity index (χ0v) is 15.8. The summed E-state index contributed by atoms with van der Waals surface area (Å²) in [6.45, 7) is 7.69. The van der Waals surface area contributed by atoms with E-state index in [1.165, 1.54) is 0 Å². The number of nitrogens with one attached hydrogen (secondary N) is 2. The van der Waals surface area contributed by atoms with Gasteiger partial charge in [0.2, 0.25) is 5.91 Å². The van der Waals surface area contributed by atoms with Crippen molar-refractivity contribution in [3.63, 3.8) is 0 Å². The van der Waals surface area contributed by atoms with Gasteiger partial charge >= 0.3 is 0 Å². The maximum atomic E-state index is 12.1. The summed E-state index contributed by atoms with van der Waals surface area (Å²) in [5.74, 6) is 0.606. The Hall–Kier alpha value is -1.58. The maximum Gasteiger partial charge on any atom is 0.235 e. The van der Waals surface area contributed by atoms with Crippen LogP contribution in [0.1, 0.15) is 39.3 Å². The molecule has 0 aliphatic heterocycles. The van der Waals surface area contributed by atoms with Gasteiger partial charge in [0, 0.05) is 6.04 Å². The molecule has 1 aromatic rings. The van der Waals surface area contributed by atoms with Crippen molar-refractivity contribution >= 4 is 21.8 Å². The molecular weight excluding hydrogens is 358 g/mol. The van der Waals surface area contributed by atoms with Gasteiger partial charge in [-0.25, -0.2) is 0 Å². The minimum atomic E-state index is -0.856. The second-order valence-electron chi connectivity index (χ2n) is 6.01. The van der Waals surface area contributed by atoms with Gasteiger partial charge in [0.05, 0.1) is 24.2 Å². The van der Waals surface area contributed by atoms with Crippen LogP contribution < -0.4 is 15.4 Å². The number of methoxy groups -OCH3 is 1. The van der Waals surface area contributed by atoms with Crippen LogP contribution in [0.2, 0.25) is 0 Å². The van der Waals surface area contributed by atoms with Crippen LogP contribution in [0.5, 0.6) is 5.75 Å². The van der Waals surface area contributed by atoms with E-state index in [2.05, 4.69) is 32.6 Å². The van der Waals surface area contributed by atoms with Gasteiger partial charge in [-0.15, -0.1) is 0 Å². The van der Waals surface area contributed by atoms with Crippen LogP contribution in [-0.4, -0.2) is 25.1 Å². The molecule has 0 aliphatic carbocycles. The van der Waals surface area contributed by atoms with Gasteiger partial charge in [-0.05, 0) is 53.4 Å². The quantitative estimate of drug-likeness (QED) is 0.760. The lowest BCUT2D eigenvalue weighted by Gasteiger charge is -2.27. The molecule has 0 heterocycles. The van der Waals surface area contributed by atoms with Gasteiger partial charge in [0.25, 0.3) is 0 Å². The van der Waals surface area contributed by atoms with Crippen molar-refractivity contribution in [2.45, 2.75) is 39.3 Å². The molecule has 1 aromatic carbocycles. The number of carbonyl (C=O) groups excluding carboxylic acids is 1. The first kappa shape index (κ1) is 19.5. The van der Waals surface area contributed by atoms with Gasteiger partial charge in [-0.3, -0.25) is 4.79 Å². The molecule has 0 aliphatic rings. The van der Waals surface area contributed by atoms with E-state index in [1.807, 2.05) is 39.0 Å². The Morgan fingerprint density at radius 2 is 2.09 bits per heavy atom. The molecule has 2 atom stereocenters. The molecule has 0 aromatic heterocycles. The van der Waals surface area contributed by atoms with Crippen LogP contribution >= 0.6 is 15.9 Å². The van der Waals surface area contributed by atoms with Crippen LogP contribution in [0.3, 0.4) is 0 Å². The van der Waals surface area contributed by atoms with Crippen molar-refractivity contribution in [3.05, 3.63) is 28.2 Å². The van der Waals surface area contributed by atoms with Crippen molar-refractivity contribution < 1.29 is 9.53 Å². The zero-order valence-electron chi connectivity index (χ0n) is 14.2. The number of amides is 1. The number of carbonyl (C=O) groups is 1. The van der Waals surface area contributed by atoms with Gasteiger partial charge < -0.3 is 15.4 Å². The lowest BCUT2D eigenvalue weighted by molar-refractivity contribution is -0.122. The molecule has 0 bridgehead atoms. The number of halogens is 1. The molecule has 0 fully saturated rings. The summed E-state index contributed by atoms with van der Waals surface area (Å²) in [5, 5.41) is 15.2. The zero-order chi connectivity index (χ0) is 17.6. The first-order chi connectivity index (χ1) is 10.7. The van der Waals surface area contributed by atoms with E-state index in [1.54, 1.807) is 14.0 Å². The fraction of sp³-hybridized carbons (Fsp3) is 0.529. The lowest BCUT2D eigenvalue weighted by Crippen LogP contribution is -2.51. The molecule has 6 heteroatoms. The predicted octanol–water partition coefficient (Wildman–Crippen LogP) is 3.16. The van der Waals surface area contributed by atoms with E-state index in [0.717, 1.165) is 15.8 Å². The molecule has 1 rings (SSSR count). The standard InChI is InChI=1S/C17H24BrN3O2/c1-11(2)17(4,10-19)21-16(22)9-20-12(3)13-6-7-15(23-5)14(18)8-13/h6-8,11-12,20H,9H2,1-5H3,(H,21,22)/t12-,17+/m1/s1. The number of benzene rings is 1. The van der Waals surface area contributed by atoms with E-state index in [9.17, 15) is 10.1 Å². The third-order valence-corrected chi connectivity index (χ3v) is 4.65. The first-order valence-corrected chi connectivity index (χ1v) is 8.32. The Labute approximate surface area is 146 Å². The Morgan fingerprint density at radius 1 is 1.43 bits per heavy atom. The monoisotopic (exact) mass is 381 g/mol. The molecule has 0 radical (unpaired) electrons. The van der Waals surface area contributed by atoms with Crippen LogP contribution in [-0.2, 0) is 4.79 Å². The number of hydrogen-bond acceptors (Lipinski definition) is 4. The molecule has 2 N–H and O–H groups in total. The van der Waals surface area contributed by atoms with Crippen molar-refractivity contribution in [3.8, 4) is 11.8 Å². The SMILES string of the molecule is COc1ccc([C@@H](C)NCC(=O)N[C@@](C)(C#N)C(C)C)cc1Br. The molecule has 0 saturated heterocycles. The molecule has 5 nitrogen and oxygen atoms in total. The summed E-state index contributed by atoms with van der Waals surface area (Å²) < 4.78 is 6.07. The molecule has 126 valence electrons. The molecule has 0 unspecified atom stereocenters. The van der Waals surface area contributed by atoms with E-state index in [4.69, 9.17) is 4.74 Å². The number of nitrogens with zero attached hydrogens (tertiary/aromatic N) is 1. The Kier molecular flexibility index (Phi) is 7.04. The summed E-state index contributed by atoms with van der Waals surface area (Å²) in [6, 6.07) is 7.95. The summed E-state index contributed by atoms with van der Waals surface area (Å²) in [4.78, 5) is 12.1. The largest absolute Gasteiger partial charge is 0.496 e. The van der Waals surface area contributed by atoms with Crippen LogP contribution in [0.15, 0.2) is 22.7 Å². The van der Waals surface area contributed by atoms with Crippen molar-refractivity contribution in [2.75, 3.05) is 13.7 Å². The van der Waals surface area contributed by atoms with Gasteiger partial charge in [0.1, 0.15) is 11.3 Å². The Morgan fingerprint density at radius 3 is 2.57 bits per heavy atom.